The first-order valence-corrected chi connectivity index (χ1v) is 8.08. The van der Waals surface area contributed by atoms with Crippen LogP contribution in [0.25, 0.3) is 0 Å². The standard InChI is InChI=1S/C16H24BrNO/c1-2-13-7-9-16(19,10-8-13)12-18-11-14-3-5-15(17)6-4-14/h3-6,13,18-19H,2,7-12H2,1H3. The summed E-state index contributed by atoms with van der Waals surface area (Å²) in [6.07, 6.45) is 5.49. The fourth-order valence-corrected chi connectivity index (χ4v) is 3.11. The highest BCUT2D eigenvalue weighted by molar-refractivity contribution is 9.10. The van der Waals surface area contributed by atoms with Crippen LogP contribution in [0.5, 0.6) is 0 Å². The highest BCUT2D eigenvalue weighted by Gasteiger charge is 2.31. The first-order chi connectivity index (χ1) is 9.11. The highest BCUT2D eigenvalue weighted by Crippen LogP contribution is 2.33. The van der Waals surface area contributed by atoms with Crippen molar-refractivity contribution in [3.05, 3.63) is 34.3 Å². The van der Waals surface area contributed by atoms with Gasteiger partial charge in [0.2, 0.25) is 0 Å². The summed E-state index contributed by atoms with van der Waals surface area (Å²) in [6.45, 7) is 3.78. The minimum absolute atomic E-state index is 0.485. The van der Waals surface area contributed by atoms with E-state index in [1.807, 2.05) is 0 Å². The molecule has 0 saturated heterocycles. The molecule has 0 amide bonds. The number of nitrogens with one attached hydrogen (secondary N) is 1. The highest BCUT2D eigenvalue weighted by atomic mass is 79.9. The maximum Gasteiger partial charge on any atom is 0.0771 e. The summed E-state index contributed by atoms with van der Waals surface area (Å²) in [6, 6.07) is 8.32. The summed E-state index contributed by atoms with van der Waals surface area (Å²) in [5, 5.41) is 13.9. The number of benzene rings is 1. The molecule has 0 atom stereocenters. The molecule has 106 valence electrons. The van der Waals surface area contributed by atoms with Crippen molar-refractivity contribution >= 4 is 15.9 Å². The predicted molar refractivity (Wildman–Crippen MR) is 83.0 cm³/mol. The Morgan fingerprint density at radius 3 is 2.47 bits per heavy atom. The van der Waals surface area contributed by atoms with Gasteiger partial charge in [-0.1, -0.05) is 41.4 Å². The van der Waals surface area contributed by atoms with E-state index in [0.717, 1.165) is 29.8 Å². The molecule has 0 radical (unpaired) electrons. The van der Waals surface area contributed by atoms with Gasteiger partial charge in [0.05, 0.1) is 5.60 Å². The molecule has 2 N–H and O–H groups in total. The Hall–Kier alpha value is -0.380. The fraction of sp³-hybridized carbons (Fsp3) is 0.625. The van der Waals surface area contributed by atoms with Crippen molar-refractivity contribution in [2.75, 3.05) is 6.54 Å². The smallest absolute Gasteiger partial charge is 0.0771 e. The van der Waals surface area contributed by atoms with E-state index in [-0.39, 0.29) is 0 Å². The molecule has 0 heterocycles. The second-order valence-corrected chi connectivity index (χ2v) is 6.72. The van der Waals surface area contributed by atoms with Crippen molar-refractivity contribution in [2.45, 2.75) is 51.2 Å². The molecule has 0 spiro atoms. The maximum absolute atomic E-state index is 10.5. The number of aliphatic hydroxyl groups is 1. The van der Waals surface area contributed by atoms with E-state index in [4.69, 9.17) is 0 Å². The van der Waals surface area contributed by atoms with Crippen LogP contribution in [0, 0.1) is 5.92 Å². The van der Waals surface area contributed by atoms with Crippen LogP contribution >= 0.6 is 15.9 Å². The summed E-state index contributed by atoms with van der Waals surface area (Å²) >= 11 is 3.44. The van der Waals surface area contributed by atoms with E-state index in [2.05, 4.69) is 52.4 Å². The van der Waals surface area contributed by atoms with Gasteiger partial charge in [-0.25, -0.2) is 0 Å². The van der Waals surface area contributed by atoms with Gasteiger partial charge in [0.15, 0.2) is 0 Å². The minimum Gasteiger partial charge on any atom is -0.389 e. The first kappa shape index (κ1) is 15.0. The molecular formula is C16H24BrNO. The van der Waals surface area contributed by atoms with E-state index in [1.54, 1.807) is 0 Å². The molecule has 1 fully saturated rings. The van der Waals surface area contributed by atoms with E-state index in [1.165, 1.54) is 24.8 Å². The Morgan fingerprint density at radius 1 is 1.26 bits per heavy atom. The Kier molecular flexibility index (Phi) is 5.43. The van der Waals surface area contributed by atoms with Crippen molar-refractivity contribution < 1.29 is 5.11 Å². The molecular weight excluding hydrogens is 302 g/mol. The third-order valence-corrected chi connectivity index (χ3v) is 4.84. The van der Waals surface area contributed by atoms with Crippen molar-refractivity contribution in [3.8, 4) is 0 Å². The second-order valence-electron chi connectivity index (χ2n) is 5.81. The normalized spacial score (nSPS) is 27.4. The lowest BCUT2D eigenvalue weighted by atomic mass is 9.78. The van der Waals surface area contributed by atoms with Crippen LogP contribution in [0.3, 0.4) is 0 Å². The zero-order chi connectivity index (χ0) is 13.7. The Balaban J connectivity index is 1.74. The van der Waals surface area contributed by atoms with Crippen molar-refractivity contribution in [3.63, 3.8) is 0 Å². The van der Waals surface area contributed by atoms with Gasteiger partial charge in [0.1, 0.15) is 0 Å². The van der Waals surface area contributed by atoms with E-state index in [9.17, 15) is 5.11 Å². The second kappa shape index (κ2) is 6.87. The van der Waals surface area contributed by atoms with Crippen LogP contribution in [-0.4, -0.2) is 17.3 Å². The van der Waals surface area contributed by atoms with Gasteiger partial charge in [0.25, 0.3) is 0 Å². The largest absolute Gasteiger partial charge is 0.389 e. The zero-order valence-electron chi connectivity index (χ0n) is 11.7. The van der Waals surface area contributed by atoms with Gasteiger partial charge in [0, 0.05) is 17.6 Å². The zero-order valence-corrected chi connectivity index (χ0v) is 13.2. The Morgan fingerprint density at radius 2 is 1.89 bits per heavy atom. The van der Waals surface area contributed by atoms with Crippen LogP contribution in [0.4, 0.5) is 0 Å². The fourth-order valence-electron chi connectivity index (χ4n) is 2.84. The van der Waals surface area contributed by atoms with Crippen molar-refractivity contribution in [1.29, 1.82) is 0 Å². The van der Waals surface area contributed by atoms with Crippen LogP contribution in [-0.2, 0) is 6.54 Å². The van der Waals surface area contributed by atoms with Crippen LogP contribution in [0.1, 0.15) is 44.6 Å². The lowest BCUT2D eigenvalue weighted by molar-refractivity contribution is -0.00881. The van der Waals surface area contributed by atoms with Gasteiger partial charge >= 0.3 is 0 Å². The van der Waals surface area contributed by atoms with Gasteiger partial charge in [-0.2, -0.15) is 0 Å². The molecule has 1 aromatic rings. The van der Waals surface area contributed by atoms with E-state index in [0.29, 0.717) is 6.54 Å². The molecule has 1 saturated carbocycles. The summed E-state index contributed by atoms with van der Waals surface area (Å²) in [5.74, 6) is 0.826. The molecule has 0 bridgehead atoms. The van der Waals surface area contributed by atoms with Crippen LogP contribution in [0.2, 0.25) is 0 Å². The molecule has 0 unspecified atom stereocenters. The summed E-state index contributed by atoms with van der Waals surface area (Å²) in [7, 11) is 0. The molecule has 2 nitrogen and oxygen atoms in total. The lowest BCUT2D eigenvalue weighted by Crippen LogP contribution is -2.43. The number of rotatable bonds is 5. The van der Waals surface area contributed by atoms with Crippen LogP contribution in [0.15, 0.2) is 28.7 Å². The number of hydrogen-bond acceptors (Lipinski definition) is 2. The van der Waals surface area contributed by atoms with E-state index < -0.39 is 5.60 Å². The van der Waals surface area contributed by atoms with Gasteiger partial charge in [-0.05, 0) is 49.3 Å². The Bertz CT molecular complexity index is 382. The molecule has 0 aliphatic heterocycles. The predicted octanol–water partition coefficient (Wildman–Crippen LogP) is 3.87. The van der Waals surface area contributed by atoms with Crippen molar-refractivity contribution in [1.82, 2.24) is 5.32 Å². The average molecular weight is 326 g/mol. The number of halogens is 1. The van der Waals surface area contributed by atoms with Gasteiger partial charge in [-0.15, -0.1) is 0 Å². The van der Waals surface area contributed by atoms with Gasteiger partial charge in [-0.3, -0.25) is 0 Å². The molecule has 3 heteroatoms. The monoisotopic (exact) mass is 325 g/mol. The van der Waals surface area contributed by atoms with Crippen molar-refractivity contribution in [2.24, 2.45) is 5.92 Å². The summed E-state index contributed by atoms with van der Waals surface area (Å²) < 4.78 is 1.10. The molecule has 19 heavy (non-hydrogen) atoms. The quantitative estimate of drug-likeness (QED) is 0.861. The van der Waals surface area contributed by atoms with Crippen LogP contribution < -0.4 is 5.32 Å². The van der Waals surface area contributed by atoms with Gasteiger partial charge < -0.3 is 10.4 Å². The maximum atomic E-state index is 10.5. The SMILES string of the molecule is CCC1CCC(O)(CNCc2ccc(Br)cc2)CC1. The average Bonchev–Trinajstić information content (AvgIpc) is 2.42. The summed E-state index contributed by atoms with van der Waals surface area (Å²) in [4.78, 5) is 0. The molecule has 2 rings (SSSR count). The molecule has 1 aliphatic rings. The topological polar surface area (TPSA) is 32.3 Å². The third kappa shape index (κ3) is 4.59. The Labute approximate surface area is 124 Å². The molecule has 0 aromatic heterocycles. The lowest BCUT2D eigenvalue weighted by Gasteiger charge is -2.36. The first-order valence-electron chi connectivity index (χ1n) is 7.29. The minimum atomic E-state index is -0.485. The third-order valence-electron chi connectivity index (χ3n) is 4.31. The molecule has 1 aliphatic carbocycles. The summed E-state index contributed by atoms with van der Waals surface area (Å²) in [5.41, 5.74) is 0.773. The van der Waals surface area contributed by atoms with E-state index >= 15 is 0 Å². The molecule has 1 aromatic carbocycles. The number of hydrogen-bond donors (Lipinski definition) is 2.